The van der Waals surface area contributed by atoms with Crippen molar-refractivity contribution in [3.05, 3.63) is 48.3 Å². The second kappa shape index (κ2) is 3.21. The smallest absolute Gasteiger partial charge is 0.216 e. The Morgan fingerprint density at radius 1 is 1.38 bits per heavy atom. The summed E-state index contributed by atoms with van der Waals surface area (Å²) in [5, 5.41) is 10.8. The Bertz CT molecular complexity index is 672. The standard InChI is InChI=1S/C11H7N5/c1-12-9-7-15-16-4-2-3-10(16)11(9)8-5-13-14-6-8/h2-7H,(H,13,14). The highest BCUT2D eigenvalue weighted by Gasteiger charge is 2.11. The van der Waals surface area contributed by atoms with Gasteiger partial charge in [-0.15, -0.1) is 0 Å². The predicted molar refractivity (Wildman–Crippen MR) is 59.0 cm³/mol. The van der Waals surface area contributed by atoms with Crippen molar-refractivity contribution in [1.29, 1.82) is 0 Å². The summed E-state index contributed by atoms with van der Waals surface area (Å²) in [5.74, 6) is 0. The number of aromatic nitrogens is 4. The molecule has 0 aromatic carbocycles. The van der Waals surface area contributed by atoms with Gasteiger partial charge < -0.3 is 0 Å². The first kappa shape index (κ1) is 8.68. The first-order valence-electron chi connectivity index (χ1n) is 4.73. The average Bonchev–Trinajstić information content (AvgIpc) is 2.98. The second-order valence-corrected chi connectivity index (χ2v) is 3.34. The van der Waals surface area contributed by atoms with Crippen LogP contribution in [0.1, 0.15) is 0 Å². The molecule has 5 heteroatoms. The van der Waals surface area contributed by atoms with E-state index in [-0.39, 0.29) is 0 Å². The molecule has 3 aromatic rings. The number of nitrogens with one attached hydrogen (secondary N) is 1. The van der Waals surface area contributed by atoms with Crippen LogP contribution in [-0.4, -0.2) is 19.8 Å². The van der Waals surface area contributed by atoms with Gasteiger partial charge in [0.25, 0.3) is 0 Å². The molecule has 1 N–H and O–H groups in total. The largest absolute Gasteiger partial charge is 0.285 e. The normalized spacial score (nSPS) is 10.4. The van der Waals surface area contributed by atoms with Gasteiger partial charge in [-0.25, -0.2) is 9.36 Å². The second-order valence-electron chi connectivity index (χ2n) is 3.34. The van der Waals surface area contributed by atoms with E-state index in [0.29, 0.717) is 5.69 Å². The van der Waals surface area contributed by atoms with E-state index in [9.17, 15) is 0 Å². The Morgan fingerprint density at radius 3 is 3.06 bits per heavy atom. The van der Waals surface area contributed by atoms with Gasteiger partial charge in [0.1, 0.15) is 0 Å². The molecule has 0 aliphatic heterocycles. The fourth-order valence-corrected chi connectivity index (χ4v) is 1.75. The zero-order chi connectivity index (χ0) is 11.0. The third kappa shape index (κ3) is 1.10. The summed E-state index contributed by atoms with van der Waals surface area (Å²) in [6.45, 7) is 7.16. The molecule has 0 radical (unpaired) electrons. The zero-order valence-corrected chi connectivity index (χ0v) is 8.25. The SMILES string of the molecule is [C-]#[N+]c1cnn2cccc2c1-c1cn[nH]c1. The first-order chi connectivity index (χ1) is 7.90. The van der Waals surface area contributed by atoms with Crippen molar-refractivity contribution >= 4 is 11.2 Å². The van der Waals surface area contributed by atoms with Gasteiger partial charge in [0.05, 0.1) is 24.5 Å². The monoisotopic (exact) mass is 209 g/mol. The number of fused-ring (bicyclic) bond motifs is 1. The van der Waals surface area contributed by atoms with Crippen molar-refractivity contribution in [3.8, 4) is 11.1 Å². The number of rotatable bonds is 1. The number of H-pyrrole nitrogens is 1. The minimum Gasteiger partial charge on any atom is -0.285 e. The summed E-state index contributed by atoms with van der Waals surface area (Å²) < 4.78 is 1.75. The molecule has 0 spiro atoms. The van der Waals surface area contributed by atoms with Crippen LogP contribution in [0.2, 0.25) is 0 Å². The molecule has 0 amide bonds. The lowest BCUT2D eigenvalue weighted by Crippen LogP contribution is -1.90. The highest BCUT2D eigenvalue weighted by Crippen LogP contribution is 2.32. The van der Waals surface area contributed by atoms with Gasteiger partial charge in [-0.3, -0.25) is 5.10 Å². The van der Waals surface area contributed by atoms with Crippen LogP contribution in [0.5, 0.6) is 0 Å². The molecular formula is C11H7N5. The molecule has 0 saturated heterocycles. The van der Waals surface area contributed by atoms with Crippen molar-refractivity contribution in [2.45, 2.75) is 0 Å². The van der Waals surface area contributed by atoms with Crippen molar-refractivity contribution < 1.29 is 0 Å². The molecule has 3 heterocycles. The van der Waals surface area contributed by atoms with E-state index in [1.807, 2.05) is 18.3 Å². The van der Waals surface area contributed by atoms with Crippen LogP contribution >= 0.6 is 0 Å². The van der Waals surface area contributed by atoms with Gasteiger partial charge >= 0.3 is 0 Å². The van der Waals surface area contributed by atoms with Crippen molar-refractivity contribution in [2.75, 3.05) is 0 Å². The van der Waals surface area contributed by atoms with Gasteiger partial charge in [-0.05, 0) is 12.1 Å². The third-order valence-electron chi connectivity index (χ3n) is 2.45. The lowest BCUT2D eigenvalue weighted by Gasteiger charge is -2.03. The molecule has 3 aromatic heterocycles. The molecule has 0 aliphatic carbocycles. The van der Waals surface area contributed by atoms with Crippen LogP contribution in [-0.2, 0) is 0 Å². The summed E-state index contributed by atoms with van der Waals surface area (Å²) >= 11 is 0. The zero-order valence-electron chi connectivity index (χ0n) is 8.25. The van der Waals surface area contributed by atoms with Crippen LogP contribution in [0.4, 0.5) is 5.69 Å². The molecule has 0 atom stereocenters. The summed E-state index contributed by atoms with van der Waals surface area (Å²) in [5.41, 5.74) is 3.21. The van der Waals surface area contributed by atoms with E-state index in [4.69, 9.17) is 6.57 Å². The summed E-state index contributed by atoms with van der Waals surface area (Å²) in [6.07, 6.45) is 6.91. The molecular weight excluding hydrogens is 202 g/mol. The molecule has 3 rings (SSSR count). The lowest BCUT2D eigenvalue weighted by molar-refractivity contribution is 0.946. The van der Waals surface area contributed by atoms with Crippen molar-refractivity contribution in [2.24, 2.45) is 0 Å². The quantitative estimate of drug-likeness (QED) is 0.625. The van der Waals surface area contributed by atoms with Gasteiger partial charge in [0.15, 0.2) is 0 Å². The Labute approximate surface area is 91.2 Å². The minimum atomic E-state index is 0.535. The molecule has 0 saturated carbocycles. The summed E-state index contributed by atoms with van der Waals surface area (Å²) in [6, 6.07) is 3.84. The van der Waals surface area contributed by atoms with E-state index in [2.05, 4.69) is 20.1 Å². The molecule has 5 nitrogen and oxygen atoms in total. The van der Waals surface area contributed by atoms with Gasteiger partial charge in [-0.1, -0.05) is 0 Å². The molecule has 0 bridgehead atoms. The number of aromatic amines is 1. The average molecular weight is 209 g/mol. The van der Waals surface area contributed by atoms with Crippen molar-refractivity contribution in [3.63, 3.8) is 0 Å². The van der Waals surface area contributed by atoms with E-state index in [0.717, 1.165) is 16.6 Å². The van der Waals surface area contributed by atoms with E-state index in [1.54, 1.807) is 23.1 Å². The van der Waals surface area contributed by atoms with Crippen LogP contribution in [0, 0.1) is 6.57 Å². The lowest BCUT2D eigenvalue weighted by atomic mass is 10.1. The van der Waals surface area contributed by atoms with Crippen molar-refractivity contribution in [1.82, 2.24) is 19.8 Å². The maximum atomic E-state index is 7.16. The van der Waals surface area contributed by atoms with E-state index < -0.39 is 0 Å². The predicted octanol–water partition coefficient (Wildman–Crippen LogP) is 2.28. The Morgan fingerprint density at radius 2 is 2.31 bits per heavy atom. The first-order valence-corrected chi connectivity index (χ1v) is 4.73. The topological polar surface area (TPSA) is 50.3 Å². The molecule has 16 heavy (non-hydrogen) atoms. The molecule has 76 valence electrons. The summed E-state index contributed by atoms with van der Waals surface area (Å²) in [7, 11) is 0. The highest BCUT2D eigenvalue weighted by molar-refractivity contribution is 5.89. The number of hydrogen-bond donors (Lipinski definition) is 1. The van der Waals surface area contributed by atoms with Gasteiger partial charge in [0, 0.05) is 23.5 Å². The van der Waals surface area contributed by atoms with Crippen LogP contribution < -0.4 is 0 Å². The minimum absolute atomic E-state index is 0.535. The molecule has 0 aliphatic rings. The number of nitrogens with zero attached hydrogens (tertiary/aromatic N) is 4. The number of hydrogen-bond acceptors (Lipinski definition) is 2. The van der Waals surface area contributed by atoms with E-state index in [1.165, 1.54) is 0 Å². The Hall–Kier alpha value is -2.61. The van der Waals surface area contributed by atoms with Gasteiger partial charge in [-0.2, -0.15) is 10.2 Å². The fourth-order valence-electron chi connectivity index (χ4n) is 1.75. The third-order valence-corrected chi connectivity index (χ3v) is 2.45. The van der Waals surface area contributed by atoms with Crippen LogP contribution in [0.3, 0.4) is 0 Å². The van der Waals surface area contributed by atoms with Gasteiger partial charge in [0.2, 0.25) is 5.69 Å². The Balaban J connectivity index is 2.44. The molecule has 0 unspecified atom stereocenters. The van der Waals surface area contributed by atoms with E-state index >= 15 is 0 Å². The molecule has 0 fully saturated rings. The van der Waals surface area contributed by atoms with Crippen LogP contribution in [0.25, 0.3) is 21.5 Å². The Kier molecular flexibility index (Phi) is 1.74. The van der Waals surface area contributed by atoms with Crippen LogP contribution in [0.15, 0.2) is 36.9 Å². The fraction of sp³-hybridized carbons (Fsp3) is 0. The highest BCUT2D eigenvalue weighted by atomic mass is 15.2. The maximum Gasteiger partial charge on any atom is 0.216 e. The maximum absolute atomic E-state index is 7.16. The summed E-state index contributed by atoms with van der Waals surface area (Å²) in [4.78, 5) is 3.49.